The summed E-state index contributed by atoms with van der Waals surface area (Å²) in [6.07, 6.45) is 6.05. The lowest BCUT2D eigenvalue weighted by atomic mass is 9.81. The second-order valence-electron chi connectivity index (χ2n) is 7.63. The minimum absolute atomic E-state index is 0.162. The monoisotopic (exact) mass is 429 g/mol. The first-order chi connectivity index (χ1) is 13.1. The number of anilines is 1. The number of piperidine rings is 2. The zero-order valence-electron chi connectivity index (χ0n) is 15.2. The first-order valence-corrected chi connectivity index (χ1v) is 10.4. The van der Waals surface area contributed by atoms with Gasteiger partial charge in [-0.25, -0.2) is 0 Å². The van der Waals surface area contributed by atoms with Gasteiger partial charge in [0.15, 0.2) is 0 Å². The highest BCUT2D eigenvalue weighted by atomic mass is 79.9. The second kappa shape index (κ2) is 7.98. The predicted molar refractivity (Wildman–Crippen MR) is 111 cm³/mol. The molecule has 2 aliphatic heterocycles. The van der Waals surface area contributed by atoms with Gasteiger partial charge in [0.2, 0.25) is 0 Å². The molecule has 2 atom stereocenters. The number of fused-ring (bicyclic) bond motifs is 2. The number of halogens is 1. The molecule has 0 saturated carbocycles. The molecule has 0 spiro atoms. The Morgan fingerprint density at radius 3 is 2.37 bits per heavy atom. The Balaban J connectivity index is 1.44. The average Bonchev–Trinajstić information content (AvgIpc) is 2.64. The van der Waals surface area contributed by atoms with Crippen LogP contribution in [0.2, 0.25) is 0 Å². The Hall–Kier alpha value is -1.92. The van der Waals surface area contributed by atoms with E-state index in [2.05, 4.69) is 44.3 Å². The molecule has 27 heavy (non-hydrogen) atoms. The van der Waals surface area contributed by atoms with Crippen LogP contribution >= 0.6 is 15.9 Å². The van der Waals surface area contributed by atoms with Crippen molar-refractivity contribution in [2.45, 2.75) is 56.8 Å². The molecule has 0 radical (unpaired) electrons. The molecule has 2 unspecified atom stereocenters. The van der Waals surface area contributed by atoms with Gasteiger partial charge in [-0.15, -0.1) is 0 Å². The van der Waals surface area contributed by atoms with E-state index in [4.69, 9.17) is 0 Å². The van der Waals surface area contributed by atoms with E-state index in [-0.39, 0.29) is 10.6 Å². The number of hydrogen-bond acceptors (Lipinski definition) is 4. The number of nitro groups is 1. The van der Waals surface area contributed by atoms with Crippen molar-refractivity contribution in [3.8, 4) is 0 Å². The summed E-state index contributed by atoms with van der Waals surface area (Å²) in [5.41, 5.74) is 2.49. The molecule has 2 aliphatic rings. The Morgan fingerprint density at radius 2 is 1.74 bits per heavy atom. The normalized spacial score (nSPS) is 25.1. The number of nitro benzene ring substituents is 1. The summed E-state index contributed by atoms with van der Waals surface area (Å²) in [4.78, 5) is 13.1. The van der Waals surface area contributed by atoms with E-state index in [0.717, 1.165) is 29.4 Å². The standard InChI is InChI=1S/C21H24BrN3O2/c22-20-6-1-2-7-21(20)23-16-12-18-4-3-5-19(13-16)24(18)14-15-8-10-17(11-9-15)25(26)27/h1-2,6-11,16,18-19,23H,3-5,12-14H2. The molecule has 2 aromatic carbocycles. The van der Waals surface area contributed by atoms with Crippen LogP contribution in [0.1, 0.15) is 37.7 Å². The van der Waals surface area contributed by atoms with Crippen molar-refractivity contribution in [3.63, 3.8) is 0 Å². The summed E-state index contributed by atoms with van der Waals surface area (Å²) in [6, 6.07) is 17.0. The van der Waals surface area contributed by atoms with Crippen molar-refractivity contribution >= 4 is 27.3 Å². The van der Waals surface area contributed by atoms with Crippen LogP contribution in [-0.2, 0) is 6.54 Å². The number of nitrogens with one attached hydrogen (secondary N) is 1. The molecular formula is C21H24BrN3O2. The zero-order valence-corrected chi connectivity index (χ0v) is 16.8. The van der Waals surface area contributed by atoms with Crippen LogP contribution in [0.5, 0.6) is 0 Å². The first-order valence-electron chi connectivity index (χ1n) is 9.60. The fraction of sp³-hybridized carbons (Fsp3) is 0.429. The predicted octanol–water partition coefficient (Wildman–Crippen LogP) is 5.35. The molecule has 1 N–H and O–H groups in total. The molecule has 4 rings (SSSR count). The van der Waals surface area contributed by atoms with E-state index in [1.807, 2.05) is 18.2 Å². The fourth-order valence-corrected chi connectivity index (χ4v) is 4.99. The van der Waals surface area contributed by atoms with E-state index in [0.29, 0.717) is 18.1 Å². The van der Waals surface area contributed by atoms with Gasteiger partial charge >= 0.3 is 0 Å². The van der Waals surface area contributed by atoms with Gasteiger partial charge in [-0.2, -0.15) is 0 Å². The van der Waals surface area contributed by atoms with Crippen molar-refractivity contribution in [2.75, 3.05) is 5.32 Å². The molecule has 2 heterocycles. The van der Waals surface area contributed by atoms with E-state index in [1.165, 1.54) is 24.9 Å². The summed E-state index contributed by atoms with van der Waals surface area (Å²) >= 11 is 3.64. The SMILES string of the molecule is O=[N+]([O-])c1ccc(CN2C3CCCC2CC(Nc2ccccc2Br)C3)cc1. The maximum Gasteiger partial charge on any atom is 0.269 e. The third kappa shape index (κ3) is 4.17. The molecule has 0 aromatic heterocycles. The molecule has 2 saturated heterocycles. The van der Waals surface area contributed by atoms with Gasteiger partial charge in [0, 0.05) is 47.0 Å². The summed E-state index contributed by atoms with van der Waals surface area (Å²) in [5, 5.41) is 14.6. The first kappa shape index (κ1) is 18.4. The average molecular weight is 430 g/mol. The highest BCUT2D eigenvalue weighted by Gasteiger charge is 2.38. The number of para-hydroxylation sites is 1. The Kier molecular flexibility index (Phi) is 5.45. The molecule has 0 amide bonds. The minimum atomic E-state index is -0.336. The number of benzene rings is 2. The van der Waals surface area contributed by atoms with Gasteiger partial charge in [-0.05, 0) is 59.3 Å². The third-order valence-corrected chi connectivity index (χ3v) is 6.56. The minimum Gasteiger partial charge on any atom is -0.381 e. The summed E-state index contributed by atoms with van der Waals surface area (Å²) in [6.45, 7) is 0.884. The second-order valence-corrected chi connectivity index (χ2v) is 8.48. The highest BCUT2D eigenvalue weighted by Crippen LogP contribution is 2.37. The topological polar surface area (TPSA) is 58.4 Å². The van der Waals surface area contributed by atoms with Crippen molar-refractivity contribution in [3.05, 3.63) is 68.7 Å². The number of non-ortho nitro benzene ring substituents is 1. The van der Waals surface area contributed by atoms with Crippen molar-refractivity contribution in [1.82, 2.24) is 4.90 Å². The molecule has 2 aromatic rings. The van der Waals surface area contributed by atoms with Crippen LogP contribution in [0.3, 0.4) is 0 Å². The van der Waals surface area contributed by atoms with Crippen molar-refractivity contribution in [1.29, 1.82) is 0 Å². The zero-order chi connectivity index (χ0) is 18.8. The largest absolute Gasteiger partial charge is 0.381 e. The maximum atomic E-state index is 10.9. The van der Waals surface area contributed by atoms with Gasteiger partial charge in [0.1, 0.15) is 0 Å². The Bertz CT molecular complexity index is 797. The Morgan fingerprint density at radius 1 is 1.07 bits per heavy atom. The molecule has 142 valence electrons. The van der Waals surface area contributed by atoms with Crippen LogP contribution in [0, 0.1) is 10.1 Å². The quantitative estimate of drug-likeness (QED) is 0.513. The molecular weight excluding hydrogens is 406 g/mol. The van der Waals surface area contributed by atoms with Gasteiger partial charge < -0.3 is 5.32 Å². The van der Waals surface area contributed by atoms with E-state index < -0.39 is 0 Å². The van der Waals surface area contributed by atoms with Crippen LogP contribution in [-0.4, -0.2) is 27.9 Å². The van der Waals surface area contributed by atoms with Crippen molar-refractivity contribution < 1.29 is 4.92 Å². The number of hydrogen-bond donors (Lipinski definition) is 1. The molecule has 0 aliphatic carbocycles. The van der Waals surface area contributed by atoms with Gasteiger partial charge in [-0.3, -0.25) is 15.0 Å². The molecule has 2 fully saturated rings. The van der Waals surface area contributed by atoms with Gasteiger partial charge in [-0.1, -0.05) is 30.7 Å². The number of nitrogens with zero attached hydrogens (tertiary/aromatic N) is 2. The van der Waals surface area contributed by atoms with E-state index in [9.17, 15) is 10.1 Å². The van der Waals surface area contributed by atoms with Crippen molar-refractivity contribution in [2.24, 2.45) is 0 Å². The lowest BCUT2D eigenvalue weighted by Crippen LogP contribution is -2.54. The lowest BCUT2D eigenvalue weighted by molar-refractivity contribution is -0.384. The van der Waals surface area contributed by atoms with E-state index >= 15 is 0 Å². The van der Waals surface area contributed by atoms with Crippen LogP contribution < -0.4 is 5.32 Å². The lowest BCUT2D eigenvalue weighted by Gasteiger charge is -2.49. The highest BCUT2D eigenvalue weighted by molar-refractivity contribution is 9.10. The third-order valence-electron chi connectivity index (χ3n) is 5.87. The van der Waals surface area contributed by atoms with E-state index in [1.54, 1.807) is 12.1 Å². The molecule has 5 nitrogen and oxygen atoms in total. The van der Waals surface area contributed by atoms with Gasteiger partial charge in [0.25, 0.3) is 5.69 Å². The summed E-state index contributed by atoms with van der Waals surface area (Å²) < 4.78 is 1.11. The van der Waals surface area contributed by atoms with Crippen LogP contribution in [0.15, 0.2) is 53.0 Å². The fourth-order valence-electron chi connectivity index (χ4n) is 4.59. The van der Waals surface area contributed by atoms with Crippen LogP contribution in [0.25, 0.3) is 0 Å². The number of rotatable bonds is 5. The molecule has 6 heteroatoms. The van der Waals surface area contributed by atoms with Gasteiger partial charge in [0.05, 0.1) is 4.92 Å². The maximum absolute atomic E-state index is 10.9. The summed E-state index contributed by atoms with van der Waals surface area (Å²) in [7, 11) is 0. The summed E-state index contributed by atoms with van der Waals surface area (Å²) in [5.74, 6) is 0. The molecule has 2 bridgehead atoms. The smallest absolute Gasteiger partial charge is 0.269 e. The van der Waals surface area contributed by atoms with Crippen LogP contribution in [0.4, 0.5) is 11.4 Å². The Labute approximate surface area is 168 Å².